The maximum Gasteiger partial charge on any atom is 0.412 e. The summed E-state index contributed by atoms with van der Waals surface area (Å²) in [5.74, 6) is -3.06. The molecule has 2 aromatic carbocycles. The van der Waals surface area contributed by atoms with E-state index in [1.165, 1.54) is 18.2 Å². The Morgan fingerprint density at radius 3 is 2.46 bits per heavy atom. The maximum absolute atomic E-state index is 14.7. The van der Waals surface area contributed by atoms with E-state index in [0.717, 1.165) is 6.07 Å². The number of amides is 1. The van der Waals surface area contributed by atoms with Gasteiger partial charge in [-0.3, -0.25) is 5.32 Å². The van der Waals surface area contributed by atoms with Crippen molar-refractivity contribution in [3.8, 4) is 11.5 Å². The molecule has 8 heteroatoms. The molecule has 152 valence electrons. The highest BCUT2D eigenvalue weighted by atomic mass is 19.1. The third-order valence-electron chi connectivity index (χ3n) is 3.91. The molecule has 6 nitrogen and oxygen atoms in total. The SMILES string of the molecule is CC(NCc1cccc(NC(=O)OC(C)(C)C)c1F)c1ccc(O)c(F)c1O. The summed E-state index contributed by atoms with van der Waals surface area (Å²) in [7, 11) is 0. The molecule has 0 spiro atoms. The smallest absolute Gasteiger partial charge is 0.412 e. The predicted octanol–water partition coefficient (Wildman–Crippen LogP) is 4.57. The number of benzene rings is 2. The summed E-state index contributed by atoms with van der Waals surface area (Å²) in [6.07, 6.45) is -0.769. The zero-order valence-electron chi connectivity index (χ0n) is 16.1. The Morgan fingerprint density at radius 2 is 1.82 bits per heavy atom. The topological polar surface area (TPSA) is 90.8 Å². The number of phenolic OH excluding ortho intramolecular Hbond substituents is 2. The molecule has 0 aliphatic carbocycles. The van der Waals surface area contributed by atoms with Crippen molar-refractivity contribution >= 4 is 11.8 Å². The molecule has 28 heavy (non-hydrogen) atoms. The maximum atomic E-state index is 14.7. The molecule has 0 saturated heterocycles. The molecule has 0 aliphatic heterocycles. The summed E-state index contributed by atoms with van der Waals surface area (Å²) in [6.45, 7) is 6.82. The molecular weight excluding hydrogens is 370 g/mol. The van der Waals surface area contributed by atoms with Gasteiger partial charge in [0.15, 0.2) is 17.3 Å². The Morgan fingerprint density at radius 1 is 1.14 bits per heavy atom. The summed E-state index contributed by atoms with van der Waals surface area (Å²) in [5.41, 5.74) is -0.256. The third kappa shape index (κ3) is 5.32. The summed E-state index contributed by atoms with van der Waals surface area (Å²) in [5, 5.41) is 24.4. The van der Waals surface area contributed by atoms with Crippen LogP contribution in [0.5, 0.6) is 11.5 Å². The van der Waals surface area contributed by atoms with Gasteiger partial charge in [0.05, 0.1) is 5.69 Å². The minimum atomic E-state index is -1.11. The van der Waals surface area contributed by atoms with Crippen molar-refractivity contribution < 1.29 is 28.5 Å². The van der Waals surface area contributed by atoms with Gasteiger partial charge in [0, 0.05) is 23.7 Å². The molecule has 1 amide bonds. The lowest BCUT2D eigenvalue weighted by Crippen LogP contribution is -2.27. The average Bonchev–Trinajstić information content (AvgIpc) is 2.58. The van der Waals surface area contributed by atoms with E-state index >= 15 is 0 Å². The largest absolute Gasteiger partial charge is 0.505 e. The first-order valence-corrected chi connectivity index (χ1v) is 8.70. The molecule has 2 aromatic rings. The zero-order chi connectivity index (χ0) is 21.1. The lowest BCUT2D eigenvalue weighted by Gasteiger charge is -2.20. The van der Waals surface area contributed by atoms with E-state index in [1.807, 2.05) is 0 Å². The van der Waals surface area contributed by atoms with Crippen molar-refractivity contribution in [2.24, 2.45) is 0 Å². The number of anilines is 1. The van der Waals surface area contributed by atoms with Gasteiger partial charge in [-0.05, 0) is 45.9 Å². The van der Waals surface area contributed by atoms with Crippen LogP contribution in [-0.2, 0) is 11.3 Å². The van der Waals surface area contributed by atoms with Crippen molar-refractivity contribution in [1.82, 2.24) is 5.32 Å². The van der Waals surface area contributed by atoms with Gasteiger partial charge in [-0.1, -0.05) is 12.1 Å². The number of hydrogen-bond donors (Lipinski definition) is 4. The second kappa shape index (κ2) is 8.43. The van der Waals surface area contributed by atoms with Crippen LogP contribution in [0.1, 0.15) is 44.9 Å². The lowest BCUT2D eigenvalue weighted by atomic mass is 10.1. The highest BCUT2D eigenvalue weighted by Gasteiger charge is 2.19. The van der Waals surface area contributed by atoms with Crippen molar-refractivity contribution in [3.63, 3.8) is 0 Å². The molecule has 0 aliphatic rings. The normalized spacial score (nSPS) is 12.5. The van der Waals surface area contributed by atoms with Gasteiger partial charge in [0.2, 0.25) is 5.82 Å². The van der Waals surface area contributed by atoms with E-state index in [-0.39, 0.29) is 23.4 Å². The Kier molecular flexibility index (Phi) is 6.45. The molecule has 1 atom stereocenters. The highest BCUT2D eigenvalue weighted by Crippen LogP contribution is 2.32. The minimum absolute atomic E-state index is 0.0280. The first-order valence-electron chi connectivity index (χ1n) is 8.70. The van der Waals surface area contributed by atoms with Crippen molar-refractivity contribution in [2.75, 3.05) is 5.32 Å². The van der Waals surface area contributed by atoms with Gasteiger partial charge in [0.1, 0.15) is 5.60 Å². The second-order valence-electron chi connectivity index (χ2n) is 7.34. The number of carbonyl (C=O) groups is 1. The molecule has 0 saturated carbocycles. The van der Waals surface area contributed by atoms with Gasteiger partial charge in [-0.15, -0.1) is 0 Å². The summed E-state index contributed by atoms with van der Waals surface area (Å²) >= 11 is 0. The van der Waals surface area contributed by atoms with Crippen LogP contribution in [0.4, 0.5) is 19.3 Å². The molecule has 4 N–H and O–H groups in total. The number of nitrogens with one attached hydrogen (secondary N) is 2. The van der Waals surface area contributed by atoms with Crippen molar-refractivity contribution in [3.05, 3.63) is 53.1 Å². The first kappa shape index (κ1) is 21.4. The van der Waals surface area contributed by atoms with Crippen LogP contribution >= 0.6 is 0 Å². The Hall–Kier alpha value is -2.87. The summed E-state index contributed by atoms with van der Waals surface area (Å²) < 4.78 is 33.4. The van der Waals surface area contributed by atoms with Crippen LogP contribution < -0.4 is 10.6 Å². The van der Waals surface area contributed by atoms with E-state index < -0.39 is 40.9 Å². The molecule has 1 unspecified atom stereocenters. The van der Waals surface area contributed by atoms with Crippen LogP contribution in [0, 0.1) is 11.6 Å². The minimum Gasteiger partial charge on any atom is -0.505 e. The number of aromatic hydroxyl groups is 2. The third-order valence-corrected chi connectivity index (χ3v) is 3.91. The quantitative estimate of drug-likeness (QED) is 0.596. The second-order valence-corrected chi connectivity index (χ2v) is 7.34. The number of phenols is 2. The van der Waals surface area contributed by atoms with Crippen LogP contribution in [0.2, 0.25) is 0 Å². The highest BCUT2D eigenvalue weighted by molar-refractivity contribution is 5.85. The Balaban J connectivity index is 2.09. The average molecular weight is 394 g/mol. The van der Waals surface area contributed by atoms with E-state index in [1.54, 1.807) is 33.8 Å². The summed E-state index contributed by atoms with van der Waals surface area (Å²) in [6, 6.07) is 6.50. The number of halogens is 2. The predicted molar refractivity (Wildman–Crippen MR) is 101 cm³/mol. The monoisotopic (exact) mass is 394 g/mol. The van der Waals surface area contributed by atoms with Crippen LogP contribution in [0.15, 0.2) is 30.3 Å². The van der Waals surface area contributed by atoms with E-state index in [2.05, 4.69) is 10.6 Å². The van der Waals surface area contributed by atoms with E-state index in [0.29, 0.717) is 0 Å². The fraction of sp³-hybridized carbons (Fsp3) is 0.350. The fourth-order valence-electron chi connectivity index (χ4n) is 2.52. The number of carbonyl (C=O) groups excluding carboxylic acids is 1. The van der Waals surface area contributed by atoms with Gasteiger partial charge in [-0.2, -0.15) is 4.39 Å². The van der Waals surface area contributed by atoms with Gasteiger partial charge in [-0.25, -0.2) is 9.18 Å². The first-order chi connectivity index (χ1) is 13.0. The Labute approximate surface area is 162 Å². The van der Waals surface area contributed by atoms with Gasteiger partial charge in [0.25, 0.3) is 0 Å². The molecule has 0 radical (unpaired) electrons. The Bertz CT molecular complexity index is 866. The molecule has 0 fully saturated rings. The number of ether oxygens (including phenoxy) is 1. The lowest BCUT2D eigenvalue weighted by molar-refractivity contribution is 0.0635. The van der Waals surface area contributed by atoms with E-state index in [9.17, 15) is 23.8 Å². The summed E-state index contributed by atoms with van der Waals surface area (Å²) in [4.78, 5) is 11.8. The zero-order valence-corrected chi connectivity index (χ0v) is 16.1. The van der Waals surface area contributed by atoms with Gasteiger partial charge >= 0.3 is 6.09 Å². The van der Waals surface area contributed by atoms with Gasteiger partial charge < -0.3 is 20.3 Å². The van der Waals surface area contributed by atoms with Crippen LogP contribution in [0.3, 0.4) is 0 Å². The van der Waals surface area contributed by atoms with Crippen LogP contribution in [-0.4, -0.2) is 21.9 Å². The molecule has 0 aromatic heterocycles. The van der Waals surface area contributed by atoms with Crippen LogP contribution in [0.25, 0.3) is 0 Å². The molecule has 2 rings (SSSR count). The molecule has 0 bridgehead atoms. The molecular formula is C20H24F2N2O4. The fourth-order valence-corrected chi connectivity index (χ4v) is 2.52. The number of rotatable bonds is 5. The van der Waals surface area contributed by atoms with E-state index in [4.69, 9.17) is 4.74 Å². The van der Waals surface area contributed by atoms with Crippen molar-refractivity contribution in [2.45, 2.75) is 45.9 Å². The molecule has 0 heterocycles. The van der Waals surface area contributed by atoms with Crippen molar-refractivity contribution in [1.29, 1.82) is 0 Å². The standard InChI is InChI=1S/C20H24F2N2O4/c1-11(13-8-9-15(25)17(22)18(13)26)23-10-12-6-5-7-14(16(12)21)24-19(27)28-20(2,3)4/h5-9,11,23,25-26H,10H2,1-4H3,(H,24,27). The number of hydrogen-bond acceptors (Lipinski definition) is 5.